The molecule has 29 heavy (non-hydrogen) atoms. The van der Waals surface area contributed by atoms with Gasteiger partial charge in [0.25, 0.3) is 0 Å². The largest absolute Gasteiger partial charge is 0.491 e. The van der Waals surface area contributed by atoms with Gasteiger partial charge in [0.05, 0.1) is 0 Å². The number of carboxylic acids is 2. The molecule has 1 atom stereocenters. The van der Waals surface area contributed by atoms with E-state index in [0.717, 1.165) is 17.0 Å². The monoisotopic (exact) mass is 423 g/mol. The number of carboxylic acid groups (broad SMARTS) is 2. The lowest BCUT2D eigenvalue weighted by Gasteiger charge is -2.22. The number of carbonyl (C=O) groups is 2. The van der Waals surface area contributed by atoms with E-state index in [0.29, 0.717) is 18.7 Å². The summed E-state index contributed by atoms with van der Waals surface area (Å²) in [5.41, 5.74) is 1.86. The molecule has 0 aliphatic heterocycles. The Balaban J connectivity index is 0.000000447. The van der Waals surface area contributed by atoms with Gasteiger partial charge in [-0.3, -0.25) is 0 Å². The quantitative estimate of drug-likeness (QED) is 0.469. The summed E-state index contributed by atoms with van der Waals surface area (Å²) in [6.45, 7) is 6.96. The third-order valence-electron chi connectivity index (χ3n) is 3.19. The van der Waals surface area contributed by atoms with E-state index < -0.39 is 18.0 Å². The molecule has 1 heterocycles. The Hall–Kier alpha value is -2.82. The van der Waals surface area contributed by atoms with E-state index in [1.165, 1.54) is 11.5 Å². The molecule has 0 fully saturated rings. The van der Waals surface area contributed by atoms with Crippen LogP contribution in [0, 0.1) is 0 Å². The minimum Gasteiger partial charge on any atom is -0.491 e. The molecule has 0 spiro atoms. The van der Waals surface area contributed by atoms with Crippen molar-refractivity contribution in [1.29, 1.82) is 0 Å². The number of β-amino-alcohol motifs (C(OH)–C–C–N with tert-alkyl or cyclic N) is 1. The third-order valence-corrected chi connectivity index (χ3v) is 3.69. The second-order valence-electron chi connectivity index (χ2n) is 6.92. The molecule has 0 radical (unpaired) electrons. The maximum atomic E-state index is 9.87. The van der Waals surface area contributed by atoms with Crippen molar-refractivity contribution in [3.8, 4) is 17.0 Å². The van der Waals surface area contributed by atoms with Crippen molar-refractivity contribution in [2.24, 2.45) is 0 Å². The maximum absolute atomic E-state index is 9.87. The van der Waals surface area contributed by atoms with Crippen molar-refractivity contribution in [2.45, 2.75) is 32.4 Å². The zero-order valence-electron chi connectivity index (χ0n) is 16.4. The Kier molecular flexibility index (Phi) is 9.93. The van der Waals surface area contributed by atoms with Crippen LogP contribution >= 0.6 is 11.5 Å². The van der Waals surface area contributed by atoms with Crippen LogP contribution in [0.1, 0.15) is 20.8 Å². The molecular weight excluding hydrogens is 398 g/mol. The molecule has 10 heteroatoms. The van der Waals surface area contributed by atoms with Gasteiger partial charge in [-0.05, 0) is 56.6 Å². The Morgan fingerprint density at radius 3 is 2.21 bits per heavy atom. The third kappa shape index (κ3) is 11.6. The first-order valence-corrected chi connectivity index (χ1v) is 9.48. The molecule has 4 N–H and O–H groups in total. The average Bonchev–Trinajstić information content (AvgIpc) is 3.18. The summed E-state index contributed by atoms with van der Waals surface area (Å²) in [5, 5.41) is 34.7. The fourth-order valence-electron chi connectivity index (χ4n) is 1.83. The molecule has 0 bridgehead atoms. The van der Waals surface area contributed by atoms with Crippen LogP contribution in [-0.2, 0) is 9.59 Å². The van der Waals surface area contributed by atoms with Crippen molar-refractivity contribution < 1.29 is 29.6 Å². The summed E-state index contributed by atoms with van der Waals surface area (Å²) in [6.07, 6.45) is 0.580. The molecule has 0 aliphatic carbocycles. The topological polar surface area (TPSA) is 142 Å². The van der Waals surface area contributed by atoms with Gasteiger partial charge in [-0.25, -0.2) is 9.59 Å². The summed E-state index contributed by atoms with van der Waals surface area (Å²) < 4.78 is 9.42. The SMILES string of the molecule is CC(C)(C)NCC(O)COc1ccc(-c2csnn2)cc1.O=C(O)C=CC(=O)O. The van der Waals surface area contributed by atoms with Crippen LogP contribution in [0.3, 0.4) is 0 Å². The molecule has 0 amide bonds. The highest BCUT2D eigenvalue weighted by Crippen LogP contribution is 2.21. The average molecular weight is 423 g/mol. The van der Waals surface area contributed by atoms with Crippen molar-refractivity contribution in [2.75, 3.05) is 13.2 Å². The molecule has 2 rings (SSSR count). The highest BCUT2D eigenvalue weighted by atomic mass is 32.1. The minimum absolute atomic E-state index is 0.00972. The van der Waals surface area contributed by atoms with Crippen molar-refractivity contribution in [3.63, 3.8) is 0 Å². The van der Waals surface area contributed by atoms with E-state index in [2.05, 4.69) is 35.7 Å². The summed E-state index contributed by atoms with van der Waals surface area (Å²) in [4.78, 5) is 19.1. The Bertz CT molecular complexity index is 769. The van der Waals surface area contributed by atoms with E-state index in [-0.39, 0.29) is 12.1 Å². The van der Waals surface area contributed by atoms with Crippen LogP contribution in [0.15, 0.2) is 41.8 Å². The van der Waals surface area contributed by atoms with Gasteiger partial charge >= 0.3 is 11.9 Å². The fraction of sp³-hybridized carbons (Fsp3) is 0.368. The molecule has 2 aromatic rings. The second kappa shape index (κ2) is 11.9. The molecule has 1 aromatic carbocycles. The van der Waals surface area contributed by atoms with Gasteiger partial charge in [0.1, 0.15) is 24.2 Å². The molecule has 0 saturated carbocycles. The van der Waals surface area contributed by atoms with E-state index in [1.807, 2.05) is 29.6 Å². The second-order valence-corrected chi connectivity index (χ2v) is 7.53. The summed E-state index contributed by atoms with van der Waals surface area (Å²) in [6, 6.07) is 7.62. The van der Waals surface area contributed by atoms with Crippen molar-refractivity contribution in [3.05, 3.63) is 41.8 Å². The summed E-state index contributed by atoms with van der Waals surface area (Å²) >= 11 is 1.33. The maximum Gasteiger partial charge on any atom is 0.328 e. The number of benzene rings is 1. The number of aliphatic hydroxyl groups excluding tert-OH is 1. The number of aromatic nitrogens is 2. The smallest absolute Gasteiger partial charge is 0.328 e. The molecule has 1 unspecified atom stereocenters. The molecule has 9 nitrogen and oxygen atoms in total. The molecule has 0 saturated heterocycles. The minimum atomic E-state index is -1.26. The zero-order chi connectivity index (χ0) is 21.9. The first kappa shape index (κ1) is 24.2. The van der Waals surface area contributed by atoms with Gasteiger partial charge < -0.3 is 25.4 Å². The summed E-state index contributed by atoms with van der Waals surface area (Å²) in [5.74, 6) is -1.78. The van der Waals surface area contributed by atoms with Crippen LogP contribution in [0.2, 0.25) is 0 Å². The van der Waals surface area contributed by atoms with Gasteiger partial charge in [-0.2, -0.15) is 0 Å². The van der Waals surface area contributed by atoms with E-state index in [1.54, 1.807) is 0 Å². The van der Waals surface area contributed by atoms with Gasteiger partial charge in [0, 0.05) is 35.2 Å². The van der Waals surface area contributed by atoms with Crippen LogP contribution in [0.4, 0.5) is 0 Å². The predicted octanol–water partition coefficient (Wildman–Crippen LogP) is 2.04. The number of ether oxygens (including phenoxy) is 1. The highest BCUT2D eigenvalue weighted by molar-refractivity contribution is 7.03. The number of rotatable bonds is 8. The van der Waals surface area contributed by atoms with Gasteiger partial charge in [-0.1, -0.05) is 4.49 Å². The standard InChI is InChI=1S/C15H21N3O2S.C4H4O4/c1-15(2,3)16-8-12(19)9-20-13-6-4-11(5-7-13)14-10-21-18-17-14;5-3(6)1-2-4(7)8/h4-7,10,12,16,19H,8-9H2,1-3H3;1-2H,(H,5,6)(H,7,8). The number of aliphatic carboxylic acids is 2. The number of hydrogen-bond acceptors (Lipinski definition) is 8. The number of aliphatic hydroxyl groups is 1. The van der Waals surface area contributed by atoms with Crippen LogP contribution in [0.5, 0.6) is 5.75 Å². The lowest BCUT2D eigenvalue weighted by molar-refractivity contribution is -0.134. The Morgan fingerprint density at radius 1 is 1.17 bits per heavy atom. The Morgan fingerprint density at radius 2 is 1.76 bits per heavy atom. The first-order valence-electron chi connectivity index (χ1n) is 8.64. The molecule has 0 aliphatic rings. The first-order chi connectivity index (χ1) is 13.6. The lowest BCUT2D eigenvalue weighted by atomic mass is 10.1. The normalized spacial score (nSPS) is 12.1. The van der Waals surface area contributed by atoms with Crippen LogP contribution in [-0.4, -0.2) is 61.6 Å². The van der Waals surface area contributed by atoms with Crippen molar-refractivity contribution in [1.82, 2.24) is 14.9 Å². The molecule has 158 valence electrons. The van der Waals surface area contributed by atoms with Gasteiger partial charge in [-0.15, -0.1) is 5.10 Å². The number of nitrogens with one attached hydrogen (secondary N) is 1. The van der Waals surface area contributed by atoms with Gasteiger partial charge in [0.2, 0.25) is 0 Å². The number of nitrogens with zero attached hydrogens (tertiary/aromatic N) is 2. The fourth-order valence-corrected chi connectivity index (χ4v) is 2.30. The van der Waals surface area contributed by atoms with E-state index >= 15 is 0 Å². The highest BCUT2D eigenvalue weighted by Gasteiger charge is 2.12. The Labute approximate surface area is 172 Å². The van der Waals surface area contributed by atoms with E-state index in [9.17, 15) is 14.7 Å². The molecular formula is C19H25N3O6S. The van der Waals surface area contributed by atoms with Crippen LogP contribution in [0.25, 0.3) is 11.3 Å². The predicted molar refractivity (Wildman–Crippen MR) is 109 cm³/mol. The van der Waals surface area contributed by atoms with Crippen molar-refractivity contribution >= 4 is 23.5 Å². The van der Waals surface area contributed by atoms with E-state index in [4.69, 9.17) is 14.9 Å². The van der Waals surface area contributed by atoms with Gasteiger partial charge in [0.15, 0.2) is 0 Å². The van der Waals surface area contributed by atoms with Crippen LogP contribution < -0.4 is 10.1 Å². The number of hydrogen-bond donors (Lipinski definition) is 4. The zero-order valence-corrected chi connectivity index (χ0v) is 17.2. The summed E-state index contributed by atoms with van der Waals surface area (Å²) in [7, 11) is 0. The lowest BCUT2D eigenvalue weighted by Crippen LogP contribution is -2.42. The molecule has 1 aromatic heterocycles.